The lowest BCUT2D eigenvalue weighted by Gasteiger charge is -2.03. The predicted molar refractivity (Wildman–Crippen MR) is 56.0 cm³/mol. The summed E-state index contributed by atoms with van der Waals surface area (Å²) in [5.74, 6) is 0.226. The summed E-state index contributed by atoms with van der Waals surface area (Å²) in [5, 5.41) is 0. The normalized spacial score (nSPS) is 9.64. The Kier molecular flexibility index (Phi) is 3.66. The minimum atomic E-state index is -0.915. The van der Waals surface area contributed by atoms with Crippen molar-refractivity contribution in [3.8, 4) is 5.75 Å². The first-order chi connectivity index (χ1) is 6.50. The number of hydrogen-bond acceptors (Lipinski definition) is 3. The molecule has 0 unspecified atom stereocenters. The number of ether oxygens (including phenoxy) is 1. The van der Waals surface area contributed by atoms with Crippen molar-refractivity contribution in [2.24, 2.45) is 0 Å². The van der Waals surface area contributed by atoms with Crippen LogP contribution in [0.4, 0.5) is 4.79 Å². The topological polar surface area (TPSA) is 43.4 Å². The summed E-state index contributed by atoms with van der Waals surface area (Å²) in [5.41, 5.74) is -0.382. The molecule has 3 nitrogen and oxygen atoms in total. The number of ketones is 1. The molecule has 0 amide bonds. The molecule has 0 aliphatic heterocycles. The summed E-state index contributed by atoms with van der Waals surface area (Å²) in [6.07, 6.45) is 0. The van der Waals surface area contributed by atoms with Crippen LogP contribution in [0.25, 0.3) is 0 Å². The third-order valence-corrected chi connectivity index (χ3v) is 2.23. The smallest absolute Gasteiger partial charge is 0.409 e. The molecule has 14 heavy (non-hydrogen) atoms. The molecule has 1 aromatic carbocycles. The zero-order chi connectivity index (χ0) is 10.7. The van der Waals surface area contributed by atoms with Gasteiger partial charge in [-0.25, -0.2) is 4.79 Å². The summed E-state index contributed by atoms with van der Waals surface area (Å²) in [7, 11) is 0. The Morgan fingerprint density at radius 1 is 1.43 bits per heavy atom. The van der Waals surface area contributed by atoms with Gasteiger partial charge in [0.1, 0.15) is 5.75 Å². The Hall–Kier alpha value is -0.870. The second-order valence-electron chi connectivity index (χ2n) is 2.54. The molecule has 0 heterocycles. The van der Waals surface area contributed by atoms with Gasteiger partial charge in [-0.15, -0.1) is 0 Å². The number of hydrogen-bond donors (Lipinski definition) is 0. The summed E-state index contributed by atoms with van der Waals surface area (Å²) in [6.45, 7) is 1.45. The van der Waals surface area contributed by atoms with Crippen molar-refractivity contribution in [1.82, 2.24) is 0 Å². The van der Waals surface area contributed by atoms with Gasteiger partial charge in [-0.2, -0.15) is 0 Å². The second kappa shape index (κ2) is 4.57. The molecule has 0 N–H and O–H groups in total. The number of halogens is 2. The van der Waals surface area contributed by atoms with Gasteiger partial charge in [0.2, 0.25) is 0 Å². The molecule has 1 rings (SSSR count). The van der Waals surface area contributed by atoms with Gasteiger partial charge in [-0.3, -0.25) is 4.79 Å². The summed E-state index contributed by atoms with van der Waals surface area (Å²) < 4.78 is 5.16. The average molecular weight is 278 g/mol. The first-order valence-corrected chi connectivity index (χ1v) is 4.85. The first kappa shape index (κ1) is 11.2. The van der Waals surface area contributed by atoms with E-state index in [9.17, 15) is 9.59 Å². The van der Waals surface area contributed by atoms with Crippen LogP contribution >= 0.6 is 27.5 Å². The highest BCUT2D eigenvalue weighted by molar-refractivity contribution is 9.10. The second-order valence-corrected chi connectivity index (χ2v) is 3.70. The molecule has 0 aliphatic carbocycles. The minimum absolute atomic E-state index is 0.0607. The minimum Gasteiger partial charge on any atom is -0.413 e. The number of Topliss-reactive ketones (excluding diaryl/α,β-unsaturated/α-hetero) is 1. The Labute approximate surface area is 94.1 Å². The van der Waals surface area contributed by atoms with Gasteiger partial charge in [-0.05, 0) is 41.1 Å². The fourth-order valence-electron chi connectivity index (χ4n) is 0.889. The standard InChI is InChI=1S/C9H6BrClO3/c1-5(12)6-2-3-8(7(10)4-6)14-9(11)13/h2-4H,1H3. The van der Waals surface area contributed by atoms with Gasteiger partial charge < -0.3 is 4.74 Å². The van der Waals surface area contributed by atoms with Crippen LogP contribution in [0, 0.1) is 0 Å². The predicted octanol–water partition coefficient (Wildman–Crippen LogP) is 3.39. The van der Waals surface area contributed by atoms with Crippen molar-refractivity contribution in [3.63, 3.8) is 0 Å². The maximum atomic E-state index is 11.0. The molecule has 5 heteroatoms. The Balaban J connectivity index is 3.01. The molecule has 0 fully saturated rings. The Morgan fingerprint density at radius 2 is 2.07 bits per heavy atom. The van der Waals surface area contributed by atoms with E-state index in [-0.39, 0.29) is 11.5 Å². The maximum Gasteiger partial charge on any atom is 0.409 e. The molecule has 0 saturated carbocycles. The molecule has 0 radical (unpaired) electrons. The fourth-order valence-corrected chi connectivity index (χ4v) is 1.43. The van der Waals surface area contributed by atoms with Gasteiger partial charge in [0.25, 0.3) is 0 Å². The van der Waals surface area contributed by atoms with Crippen molar-refractivity contribution in [3.05, 3.63) is 28.2 Å². The molecule has 0 spiro atoms. The van der Waals surface area contributed by atoms with Crippen molar-refractivity contribution in [2.75, 3.05) is 0 Å². The van der Waals surface area contributed by atoms with Crippen molar-refractivity contribution in [1.29, 1.82) is 0 Å². The Bertz CT molecular complexity index is 390. The quantitative estimate of drug-likeness (QED) is 0.615. The van der Waals surface area contributed by atoms with Crippen LogP contribution in [0.5, 0.6) is 5.75 Å². The third kappa shape index (κ3) is 2.82. The van der Waals surface area contributed by atoms with E-state index in [1.807, 2.05) is 0 Å². The van der Waals surface area contributed by atoms with Crippen LogP contribution in [0.2, 0.25) is 0 Å². The van der Waals surface area contributed by atoms with Crippen molar-refractivity contribution < 1.29 is 14.3 Å². The number of carbonyl (C=O) groups is 2. The monoisotopic (exact) mass is 276 g/mol. The number of carbonyl (C=O) groups excluding carboxylic acids is 2. The maximum absolute atomic E-state index is 11.0. The largest absolute Gasteiger partial charge is 0.413 e. The average Bonchev–Trinajstić information content (AvgIpc) is 2.07. The summed E-state index contributed by atoms with van der Waals surface area (Å²) in [4.78, 5) is 21.4. The van der Waals surface area contributed by atoms with Crippen molar-refractivity contribution >= 4 is 38.7 Å². The van der Waals surface area contributed by atoms with Crippen LogP contribution in [-0.2, 0) is 0 Å². The van der Waals surface area contributed by atoms with Crippen LogP contribution < -0.4 is 4.74 Å². The van der Waals surface area contributed by atoms with Crippen LogP contribution in [0.3, 0.4) is 0 Å². The SMILES string of the molecule is CC(=O)c1ccc(OC(=O)Cl)c(Br)c1. The lowest BCUT2D eigenvalue weighted by Crippen LogP contribution is -1.98. The van der Waals surface area contributed by atoms with Crippen LogP contribution in [-0.4, -0.2) is 11.2 Å². The molecule has 0 atom stereocenters. The number of benzene rings is 1. The van der Waals surface area contributed by atoms with E-state index >= 15 is 0 Å². The molecule has 0 bridgehead atoms. The van der Waals surface area contributed by atoms with E-state index in [4.69, 9.17) is 11.6 Å². The van der Waals surface area contributed by atoms with Gasteiger partial charge in [0.15, 0.2) is 5.78 Å². The molecule has 0 saturated heterocycles. The first-order valence-electron chi connectivity index (χ1n) is 3.68. The van der Waals surface area contributed by atoms with Crippen LogP contribution in [0.1, 0.15) is 17.3 Å². The highest BCUT2D eigenvalue weighted by atomic mass is 79.9. The van der Waals surface area contributed by atoms with E-state index in [1.54, 1.807) is 12.1 Å². The van der Waals surface area contributed by atoms with Crippen LogP contribution in [0.15, 0.2) is 22.7 Å². The van der Waals surface area contributed by atoms with Gasteiger partial charge in [-0.1, -0.05) is 0 Å². The lowest BCUT2D eigenvalue weighted by atomic mass is 10.1. The van der Waals surface area contributed by atoms with E-state index in [2.05, 4.69) is 20.7 Å². The lowest BCUT2D eigenvalue weighted by molar-refractivity contribution is 0.101. The molecule has 0 aliphatic rings. The Morgan fingerprint density at radius 3 is 2.50 bits per heavy atom. The fraction of sp³-hybridized carbons (Fsp3) is 0.111. The van der Waals surface area contributed by atoms with E-state index < -0.39 is 5.43 Å². The van der Waals surface area contributed by atoms with E-state index in [0.717, 1.165) is 0 Å². The zero-order valence-corrected chi connectivity index (χ0v) is 9.55. The van der Waals surface area contributed by atoms with Gasteiger partial charge >= 0.3 is 5.43 Å². The van der Waals surface area contributed by atoms with Gasteiger partial charge in [0, 0.05) is 17.2 Å². The van der Waals surface area contributed by atoms with Crippen molar-refractivity contribution in [2.45, 2.75) is 6.92 Å². The molecular weight excluding hydrogens is 271 g/mol. The third-order valence-electron chi connectivity index (χ3n) is 1.53. The molecule has 74 valence electrons. The van der Waals surface area contributed by atoms with Gasteiger partial charge in [0.05, 0.1) is 4.47 Å². The summed E-state index contributed by atoms with van der Waals surface area (Å²) in [6, 6.07) is 4.63. The molecular formula is C9H6BrClO3. The number of rotatable bonds is 2. The highest BCUT2D eigenvalue weighted by Gasteiger charge is 2.07. The summed E-state index contributed by atoms with van der Waals surface area (Å²) >= 11 is 8.19. The van der Waals surface area contributed by atoms with E-state index in [0.29, 0.717) is 10.0 Å². The molecule has 1 aromatic rings. The highest BCUT2D eigenvalue weighted by Crippen LogP contribution is 2.26. The van der Waals surface area contributed by atoms with E-state index in [1.165, 1.54) is 13.0 Å². The zero-order valence-electron chi connectivity index (χ0n) is 7.21. The molecule has 0 aromatic heterocycles.